The zero-order valence-corrected chi connectivity index (χ0v) is 17.9. The minimum Gasteiger partial charge on any atom is -0.373 e. The summed E-state index contributed by atoms with van der Waals surface area (Å²) in [6, 6.07) is 0. The maximum atomic E-state index is 5.80. The number of guanidine groups is 1. The van der Waals surface area contributed by atoms with Gasteiger partial charge in [0.2, 0.25) is 0 Å². The molecule has 1 N–H and O–H groups in total. The second-order valence-corrected chi connectivity index (χ2v) is 7.87. The molecule has 3 fully saturated rings. The maximum Gasteiger partial charge on any atom is 0.193 e. The van der Waals surface area contributed by atoms with Crippen molar-refractivity contribution in [3.05, 3.63) is 0 Å². The predicted molar refractivity (Wildman–Crippen MR) is 110 cm³/mol. The lowest BCUT2D eigenvalue weighted by Crippen LogP contribution is -2.46. The molecular weight excluding hydrogens is 415 g/mol. The van der Waals surface area contributed by atoms with Gasteiger partial charge in [-0.3, -0.25) is 9.89 Å². The molecule has 6 heteroatoms. The van der Waals surface area contributed by atoms with Crippen LogP contribution in [0.4, 0.5) is 0 Å². The number of nitrogens with zero attached hydrogens (tertiary/aromatic N) is 3. The van der Waals surface area contributed by atoms with Crippen molar-refractivity contribution in [1.29, 1.82) is 0 Å². The van der Waals surface area contributed by atoms with Crippen molar-refractivity contribution in [3.63, 3.8) is 0 Å². The van der Waals surface area contributed by atoms with Gasteiger partial charge in [-0.1, -0.05) is 6.42 Å². The van der Waals surface area contributed by atoms with E-state index < -0.39 is 0 Å². The van der Waals surface area contributed by atoms with Crippen molar-refractivity contribution in [1.82, 2.24) is 15.1 Å². The number of hydrogen-bond acceptors (Lipinski definition) is 3. The molecule has 140 valence electrons. The quantitative estimate of drug-likeness (QED) is 0.310. The highest BCUT2D eigenvalue weighted by molar-refractivity contribution is 14.0. The monoisotopic (exact) mass is 450 g/mol. The summed E-state index contributed by atoms with van der Waals surface area (Å²) < 4.78 is 5.80. The first-order valence-electron chi connectivity index (χ1n) is 9.44. The van der Waals surface area contributed by atoms with Crippen LogP contribution in [0.15, 0.2) is 4.99 Å². The fourth-order valence-electron chi connectivity index (χ4n) is 4.50. The molecular formula is C18H35IN4O. The van der Waals surface area contributed by atoms with E-state index in [0.29, 0.717) is 17.6 Å². The van der Waals surface area contributed by atoms with Crippen molar-refractivity contribution in [2.45, 2.75) is 58.2 Å². The Bertz CT molecular complexity index is 417. The summed E-state index contributed by atoms with van der Waals surface area (Å²) >= 11 is 0. The summed E-state index contributed by atoms with van der Waals surface area (Å²) in [7, 11) is 1.92. The Morgan fingerprint density at radius 2 is 1.92 bits per heavy atom. The van der Waals surface area contributed by atoms with Gasteiger partial charge >= 0.3 is 0 Å². The van der Waals surface area contributed by atoms with Crippen LogP contribution in [0.2, 0.25) is 0 Å². The Labute approximate surface area is 164 Å². The van der Waals surface area contributed by atoms with E-state index in [1.165, 1.54) is 38.8 Å². The smallest absolute Gasteiger partial charge is 0.193 e. The molecule has 0 aromatic heterocycles. The number of morpholine rings is 1. The number of ether oxygens (including phenoxy) is 1. The third-order valence-corrected chi connectivity index (χ3v) is 5.79. The van der Waals surface area contributed by atoms with Gasteiger partial charge in [-0.15, -0.1) is 24.0 Å². The van der Waals surface area contributed by atoms with Crippen LogP contribution in [0.1, 0.15) is 46.0 Å². The van der Waals surface area contributed by atoms with E-state index >= 15 is 0 Å². The van der Waals surface area contributed by atoms with Crippen LogP contribution in [-0.4, -0.2) is 74.3 Å². The van der Waals surface area contributed by atoms with Crippen molar-refractivity contribution < 1.29 is 4.74 Å². The van der Waals surface area contributed by atoms with Crippen LogP contribution in [0.5, 0.6) is 0 Å². The highest BCUT2D eigenvalue weighted by atomic mass is 127. The summed E-state index contributed by atoms with van der Waals surface area (Å²) in [6.45, 7) is 11.0. The van der Waals surface area contributed by atoms with Gasteiger partial charge in [0, 0.05) is 46.3 Å². The van der Waals surface area contributed by atoms with Crippen LogP contribution in [0, 0.1) is 5.41 Å². The molecule has 0 bridgehead atoms. The van der Waals surface area contributed by atoms with Crippen LogP contribution in [0.25, 0.3) is 0 Å². The van der Waals surface area contributed by atoms with Crippen molar-refractivity contribution in [3.8, 4) is 0 Å². The summed E-state index contributed by atoms with van der Waals surface area (Å²) in [6.07, 6.45) is 7.53. The van der Waals surface area contributed by atoms with E-state index in [4.69, 9.17) is 4.74 Å². The molecule has 3 rings (SSSR count). The van der Waals surface area contributed by atoms with Gasteiger partial charge in [-0.2, -0.15) is 0 Å². The summed E-state index contributed by atoms with van der Waals surface area (Å²) in [5.74, 6) is 1.11. The lowest BCUT2D eigenvalue weighted by molar-refractivity contribution is -0.0679. The molecule has 1 aliphatic carbocycles. The van der Waals surface area contributed by atoms with Crippen LogP contribution >= 0.6 is 24.0 Å². The fourth-order valence-corrected chi connectivity index (χ4v) is 4.50. The van der Waals surface area contributed by atoms with E-state index in [9.17, 15) is 0 Å². The average molecular weight is 450 g/mol. The molecule has 1 spiro atoms. The molecule has 2 atom stereocenters. The van der Waals surface area contributed by atoms with Gasteiger partial charge in [-0.25, -0.2) is 0 Å². The molecule has 2 aliphatic heterocycles. The zero-order chi connectivity index (χ0) is 16.3. The number of nitrogens with one attached hydrogen (secondary N) is 1. The molecule has 5 nitrogen and oxygen atoms in total. The first-order valence-corrected chi connectivity index (χ1v) is 9.44. The Morgan fingerprint density at radius 3 is 2.46 bits per heavy atom. The SMILES string of the molecule is CN=C(NCCCN1CC(C)OC(C)C1)N1CCC2(CCC2)C1.I. The number of halogens is 1. The fraction of sp³-hybridized carbons (Fsp3) is 0.944. The highest BCUT2D eigenvalue weighted by Crippen LogP contribution is 2.47. The minimum atomic E-state index is 0. The third-order valence-electron chi connectivity index (χ3n) is 5.79. The molecule has 1 saturated carbocycles. The lowest BCUT2D eigenvalue weighted by atomic mass is 9.68. The number of hydrogen-bond donors (Lipinski definition) is 1. The molecule has 0 aromatic carbocycles. The van der Waals surface area contributed by atoms with E-state index in [-0.39, 0.29) is 24.0 Å². The Morgan fingerprint density at radius 1 is 1.21 bits per heavy atom. The summed E-state index contributed by atoms with van der Waals surface area (Å²) in [4.78, 5) is 9.50. The first-order chi connectivity index (χ1) is 11.1. The molecule has 2 heterocycles. The second-order valence-electron chi connectivity index (χ2n) is 7.87. The molecule has 2 saturated heterocycles. The Hall–Kier alpha value is -0.0800. The van der Waals surface area contributed by atoms with Crippen molar-refractivity contribution in [2.24, 2.45) is 10.4 Å². The molecule has 24 heavy (non-hydrogen) atoms. The van der Waals surface area contributed by atoms with Gasteiger partial charge in [0.1, 0.15) is 0 Å². The minimum absolute atomic E-state index is 0. The van der Waals surface area contributed by atoms with Gasteiger partial charge < -0.3 is 15.0 Å². The number of likely N-dealkylation sites (tertiary alicyclic amines) is 1. The average Bonchev–Trinajstić information content (AvgIpc) is 2.92. The van der Waals surface area contributed by atoms with Crippen LogP contribution < -0.4 is 5.32 Å². The van der Waals surface area contributed by atoms with E-state index in [1.54, 1.807) is 0 Å². The van der Waals surface area contributed by atoms with E-state index in [0.717, 1.165) is 38.6 Å². The molecule has 3 aliphatic rings. The molecule has 0 amide bonds. The van der Waals surface area contributed by atoms with Gasteiger partial charge in [-0.05, 0) is 44.9 Å². The van der Waals surface area contributed by atoms with Gasteiger partial charge in [0.05, 0.1) is 12.2 Å². The van der Waals surface area contributed by atoms with Gasteiger partial charge in [0.15, 0.2) is 5.96 Å². The van der Waals surface area contributed by atoms with E-state index in [2.05, 4.69) is 34.0 Å². The van der Waals surface area contributed by atoms with Crippen molar-refractivity contribution in [2.75, 3.05) is 46.3 Å². The zero-order valence-electron chi connectivity index (χ0n) is 15.6. The molecule has 2 unspecified atom stereocenters. The maximum absolute atomic E-state index is 5.80. The topological polar surface area (TPSA) is 40.1 Å². The molecule has 0 aromatic rings. The Kier molecular flexibility index (Phi) is 7.61. The van der Waals surface area contributed by atoms with Crippen LogP contribution in [0.3, 0.4) is 0 Å². The second kappa shape index (κ2) is 9.03. The normalized spacial score (nSPS) is 30.1. The standard InChI is InChI=1S/C18H34N4O.HI/c1-15-12-21(13-16(2)23-15)10-5-9-20-17(19-3)22-11-8-18(14-22)6-4-7-18;/h15-16H,4-14H2,1-3H3,(H,19,20);1H. The lowest BCUT2D eigenvalue weighted by Gasteiger charge is -2.38. The Balaban J connectivity index is 0.00000208. The summed E-state index contributed by atoms with van der Waals surface area (Å²) in [5.41, 5.74) is 0.637. The van der Waals surface area contributed by atoms with Gasteiger partial charge in [0.25, 0.3) is 0 Å². The van der Waals surface area contributed by atoms with E-state index in [1.807, 2.05) is 7.05 Å². The predicted octanol–water partition coefficient (Wildman–Crippen LogP) is 2.56. The molecule has 0 radical (unpaired) electrons. The largest absolute Gasteiger partial charge is 0.373 e. The third kappa shape index (κ3) is 4.97. The first kappa shape index (κ1) is 20.2. The number of aliphatic imine (C=N–C) groups is 1. The summed E-state index contributed by atoms with van der Waals surface area (Å²) in [5, 5.41) is 3.58. The highest BCUT2D eigenvalue weighted by Gasteiger charge is 2.43. The number of rotatable bonds is 4. The van der Waals surface area contributed by atoms with Crippen LogP contribution in [-0.2, 0) is 4.74 Å². The van der Waals surface area contributed by atoms with Crippen molar-refractivity contribution >= 4 is 29.9 Å².